The molecular weight excluding hydrogens is 256 g/mol. The van der Waals surface area contributed by atoms with Gasteiger partial charge in [-0.3, -0.25) is 4.79 Å². The van der Waals surface area contributed by atoms with Crippen molar-refractivity contribution in [3.05, 3.63) is 12.7 Å². The van der Waals surface area contributed by atoms with E-state index in [1.165, 1.54) is 18.1 Å². The van der Waals surface area contributed by atoms with Crippen LogP contribution >= 0.6 is 0 Å². The number of rotatable bonds is 9. The summed E-state index contributed by atoms with van der Waals surface area (Å²) < 4.78 is 4.82. The molecule has 0 aliphatic rings. The van der Waals surface area contributed by atoms with Crippen molar-refractivity contribution in [3.8, 4) is 0 Å². The molecule has 0 spiro atoms. The summed E-state index contributed by atoms with van der Waals surface area (Å²) in [7, 11) is 1.47. The third kappa shape index (κ3) is 7.04. The third-order valence-corrected chi connectivity index (χ3v) is 2.18. The molecule has 1 atom stereocenters. The van der Waals surface area contributed by atoms with E-state index in [0.29, 0.717) is 0 Å². The first-order chi connectivity index (χ1) is 8.92. The summed E-state index contributed by atoms with van der Waals surface area (Å²) in [6, 6.07) is -2.15. The summed E-state index contributed by atoms with van der Waals surface area (Å²) in [6.07, 6.45) is 0.787. The first-order valence-electron chi connectivity index (χ1n) is 5.52. The molecule has 0 radical (unpaired) electrons. The fourth-order valence-corrected chi connectivity index (χ4v) is 1.25. The molecule has 0 aromatic carbocycles. The number of methoxy groups -OCH3 is 1. The lowest BCUT2D eigenvalue weighted by Gasteiger charge is -2.23. The average Bonchev–Trinajstić information content (AvgIpc) is 2.32. The van der Waals surface area contributed by atoms with Crippen molar-refractivity contribution in [2.75, 3.05) is 26.8 Å². The van der Waals surface area contributed by atoms with Gasteiger partial charge in [0.25, 0.3) is 0 Å². The smallest absolute Gasteiger partial charge is 0.326 e. The van der Waals surface area contributed by atoms with Crippen molar-refractivity contribution in [3.63, 3.8) is 0 Å². The minimum absolute atomic E-state index is 0.203. The second-order valence-electron chi connectivity index (χ2n) is 3.67. The molecule has 8 heteroatoms. The maximum atomic E-state index is 11.8. The highest BCUT2D eigenvalue weighted by Gasteiger charge is 2.25. The lowest BCUT2D eigenvalue weighted by atomic mass is 10.2. The molecule has 8 nitrogen and oxygen atoms in total. The van der Waals surface area contributed by atoms with E-state index < -0.39 is 30.4 Å². The number of amides is 2. The number of carboxylic acid groups (broad SMARTS) is 2. The van der Waals surface area contributed by atoms with Gasteiger partial charge in [-0.1, -0.05) is 6.08 Å². The number of carbonyl (C=O) groups excluding carboxylic acids is 1. The normalized spacial score (nSPS) is 11.4. The highest BCUT2D eigenvalue weighted by atomic mass is 16.5. The molecule has 0 saturated heterocycles. The van der Waals surface area contributed by atoms with Gasteiger partial charge in [-0.05, 0) is 0 Å². The van der Waals surface area contributed by atoms with Gasteiger partial charge >= 0.3 is 18.0 Å². The topological polar surface area (TPSA) is 116 Å². The second kappa shape index (κ2) is 8.92. The van der Waals surface area contributed by atoms with Crippen molar-refractivity contribution in [1.82, 2.24) is 10.2 Å². The zero-order valence-electron chi connectivity index (χ0n) is 10.7. The Morgan fingerprint density at radius 3 is 2.47 bits per heavy atom. The van der Waals surface area contributed by atoms with Gasteiger partial charge in [-0.25, -0.2) is 9.59 Å². The summed E-state index contributed by atoms with van der Waals surface area (Å²) in [5, 5.41) is 19.5. The van der Waals surface area contributed by atoms with Crippen LogP contribution < -0.4 is 5.32 Å². The van der Waals surface area contributed by atoms with Crippen LogP contribution in [0.1, 0.15) is 6.42 Å². The molecule has 0 bridgehead atoms. The number of hydrogen-bond acceptors (Lipinski definition) is 4. The molecule has 0 fully saturated rings. The summed E-state index contributed by atoms with van der Waals surface area (Å²) in [5.74, 6) is -2.71. The Balaban J connectivity index is 4.59. The van der Waals surface area contributed by atoms with Gasteiger partial charge in [0.15, 0.2) is 0 Å². The molecule has 108 valence electrons. The summed E-state index contributed by atoms with van der Waals surface area (Å²) >= 11 is 0. The molecule has 0 rings (SSSR count). The number of carboxylic acids is 2. The summed E-state index contributed by atoms with van der Waals surface area (Å²) in [4.78, 5) is 34.4. The fraction of sp³-hybridized carbons (Fsp3) is 0.545. The molecule has 0 aromatic heterocycles. The first-order valence-corrected chi connectivity index (χ1v) is 5.52. The van der Waals surface area contributed by atoms with E-state index in [2.05, 4.69) is 11.9 Å². The standard InChI is InChI=1S/C11H18N2O6/c1-3-4-13(5-6-19-2)11(18)12-8(10(16)17)7-9(14)15/h3,8H,1,4-7H2,2H3,(H,12,18)(H,14,15)(H,16,17). The van der Waals surface area contributed by atoms with Gasteiger partial charge < -0.3 is 25.2 Å². The lowest BCUT2D eigenvalue weighted by Crippen LogP contribution is -2.49. The molecule has 1 unspecified atom stereocenters. The van der Waals surface area contributed by atoms with Crippen molar-refractivity contribution in [1.29, 1.82) is 0 Å². The minimum Gasteiger partial charge on any atom is -0.481 e. The molecular formula is C11H18N2O6. The molecule has 2 amide bonds. The van der Waals surface area contributed by atoms with Crippen LogP contribution in [0.25, 0.3) is 0 Å². The van der Waals surface area contributed by atoms with Crippen LogP contribution in [0.3, 0.4) is 0 Å². The highest BCUT2D eigenvalue weighted by molar-refractivity contribution is 5.86. The maximum absolute atomic E-state index is 11.8. The highest BCUT2D eigenvalue weighted by Crippen LogP contribution is 1.97. The largest absolute Gasteiger partial charge is 0.481 e. The Morgan fingerprint density at radius 2 is 2.05 bits per heavy atom. The summed E-state index contributed by atoms with van der Waals surface area (Å²) in [6.45, 7) is 4.20. The Labute approximate surface area is 110 Å². The molecule has 0 heterocycles. The first kappa shape index (κ1) is 16.9. The average molecular weight is 274 g/mol. The van der Waals surface area contributed by atoms with Crippen LogP contribution in [0.15, 0.2) is 12.7 Å². The van der Waals surface area contributed by atoms with Gasteiger partial charge in [-0.15, -0.1) is 6.58 Å². The van der Waals surface area contributed by atoms with Crippen LogP contribution in [-0.2, 0) is 14.3 Å². The number of nitrogens with zero attached hydrogens (tertiary/aromatic N) is 1. The predicted molar refractivity (Wildman–Crippen MR) is 65.9 cm³/mol. The zero-order chi connectivity index (χ0) is 14.8. The predicted octanol–water partition coefficient (Wildman–Crippen LogP) is -0.242. The minimum atomic E-state index is -1.47. The van der Waals surface area contributed by atoms with Gasteiger partial charge in [0.2, 0.25) is 0 Å². The van der Waals surface area contributed by atoms with E-state index in [-0.39, 0.29) is 19.7 Å². The maximum Gasteiger partial charge on any atom is 0.326 e. The Bertz CT molecular complexity index is 344. The fourth-order valence-electron chi connectivity index (χ4n) is 1.25. The van der Waals surface area contributed by atoms with E-state index in [1.807, 2.05) is 0 Å². The Morgan fingerprint density at radius 1 is 1.42 bits per heavy atom. The van der Waals surface area contributed by atoms with Gasteiger partial charge in [0.05, 0.1) is 13.0 Å². The van der Waals surface area contributed by atoms with E-state index >= 15 is 0 Å². The SMILES string of the molecule is C=CCN(CCOC)C(=O)NC(CC(=O)O)C(=O)O. The zero-order valence-corrected chi connectivity index (χ0v) is 10.7. The summed E-state index contributed by atoms with van der Waals surface area (Å²) in [5.41, 5.74) is 0. The molecule has 0 aromatic rings. The number of hydrogen-bond donors (Lipinski definition) is 3. The van der Waals surface area contributed by atoms with E-state index in [1.54, 1.807) is 0 Å². The van der Waals surface area contributed by atoms with Crippen LogP contribution in [0.2, 0.25) is 0 Å². The van der Waals surface area contributed by atoms with E-state index in [4.69, 9.17) is 14.9 Å². The van der Waals surface area contributed by atoms with E-state index in [9.17, 15) is 14.4 Å². The van der Waals surface area contributed by atoms with Crippen LogP contribution in [-0.4, -0.2) is 65.9 Å². The monoisotopic (exact) mass is 274 g/mol. The number of carbonyl (C=O) groups is 3. The van der Waals surface area contributed by atoms with Crippen LogP contribution in [0.4, 0.5) is 4.79 Å². The van der Waals surface area contributed by atoms with E-state index in [0.717, 1.165) is 0 Å². The van der Waals surface area contributed by atoms with Gasteiger partial charge in [0, 0.05) is 20.2 Å². The van der Waals surface area contributed by atoms with Crippen molar-refractivity contribution >= 4 is 18.0 Å². The number of aliphatic carboxylic acids is 2. The molecule has 19 heavy (non-hydrogen) atoms. The van der Waals surface area contributed by atoms with Gasteiger partial charge in [-0.2, -0.15) is 0 Å². The van der Waals surface area contributed by atoms with Crippen molar-refractivity contribution < 1.29 is 29.3 Å². The van der Waals surface area contributed by atoms with Crippen molar-refractivity contribution in [2.24, 2.45) is 0 Å². The van der Waals surface area contributed by atoms with Gasteiger partial charge in [0.1, 0.15) is 6.04 Å². The number of urea groups is 1. The molecule has 0 aliphatic carbocycles. The number of ether oxygens (including phenoxy) is 1. The lowest BCUT2D eigenvalue weighted by molar-refractivity contribution is -0.145. The third-order valence-electron chi connectivity index (χ3n) is 2.18. The van der Waals surface area contributed by atoms with Crippen LogP contribution in [0, 0.1) is 0 Å². The van der Waals surface area contributed by atoms with Crippen LogP contribution in [0.5, 0.6) is 0 Å². The second-order valence-corrected chi connectivity index (χ2v) is 3.67. The number of nitrogens with one attached hydrogen (secondary N) is 1. The Hall–Kier alpha value is -2.09. The quantitative estimate of drug-likeness (QED) is 0.500. The van der Waals surface area contributed by atoms with Crippen molar-refractivity contribution in [2.45, 2.75) is 12.5 Å². The molecule has 0 saturated carbocycles. The molecule has 3 N–H and O–H groups in total. The molecule has 0 aliphatic heterocycles. The Kier molecular flexibility index (Phi) is 7.94.